The van der Waals surface area contributed by atoms with Crippen molar-refractivity contribution in [2.75, 3.05) is 0 Å². The van der Waals surface area contributed by atoms with Gasteiger partial charge in [0.1, 0.15) is 11.1 Å². The van der Waals surface area contributed by atoms with E-state index < -0.39 is 5.97 Å². The molecule has 2 aromatic heterocycles. The lowest BCUT2D eigenvalue weighted by molar-refractivity contribution is 0.0698. The number of carboxylic acids is 1. The van der Waals surface area contributed by atoms with Gasteiger partial charge in [-0.2, -0.15) is 0 Å². The van der Waals surface area contributed by atoms with E-state index in [1.165, 1.54) is 10.9 Å². The van der Waals surface area contributed by atoms with Crippen molar-refractivity contribution in [1.82, 2.24) is 4.98 Å². The molecule has 1 N–H and O–H groups in total. The first-order valence-electron chi connectivity index (χ1n) is 5.91. The van der Waals surface area contributed by atoms with Gasteiger partial charge in [-0.15, -0.1) is 11.3 Å². The van der Waals surface area contributed by atoms with Crippen molar-refractivity contribution in [2.45, 2.75) is 13.3 Å². The fourth-order valence-electron chi connectivity index (χ4n) is 1.91. The number of oxazole rings is 1. The molecule has 0 saturated carbocycles. The monoisotopic (exact) mass is 273 g/mol. The summed E-state index contributed by atoms with van der Waals surface area (Å²) in [7, 11) is 0. The Kier molecular flexibility index (Phi) is 2.83. The Morgan fingerprint density at radius 2 is 2.21 bits per heavy atom. The van der Waals surface area contributed by atoms with Crippen LogP contribution in [-0.2, 0) is 6.42 Å². The van der Waals surface area contributed by atoms with Gasteiger partial charge in [0, 0.05) is 4.88 Å². The predicted octanol–water partition coefficient (Wildman–Crippen LogP) is 3.82. The number of benzene rings is 1. The molecule has 0 fully saturated rings. The van der Waals surface area contributed by atoms with Gasteiger partial charge in [-0.3, -0.25) is 0 Å². The van der Waals surface area contributed by atoms with Crippen molar-refractivity contribution < 1.29 is 14.3 Å². The summed E-state index contributed by atoms with van der Waals surface area (Å²) in [5.41, 5.74) is 1.04. The lowest BCUT2D eigenvalue weighted by atomic mass is 10.2. The van der Waals surface area contributed by atoms with Crippen molar-refractivity contribution in [2.24, 2.45) is 0 Å². The van der Waals surface area contributed by atoms with E-state index in [0.29, 0.717) is 17.0 Å². The van der Waals surface area contributed by atoms with Crippen LogP contribution in [0.3, 0.4) is 0 Å². The molecule has 1 aromatic carbocycles. The zero-order chi connectivity index (χ0) is 13.4. The molecule has 0 saturated heterocycles. The Bertz CT molecular complexity index is 757. The second-order valence-electron chi connectivity index (χ2n) is 4.10. The summed E-state index contributed by atoms with van der Waals surface area (Å²) in [4.78, 5) is 17.6. The third-order valence-corrected chi connectivity index (χ3v) is 4.08. The van der Waals surface area contributed by atoms with E-state index >= 15 is 0 Å². The smallest absolute Gasteiger partial charge is 0.339 e. The van der Waals surface area contributed by atoms with E-state index in [2.05, 4.69) is 11.9 Å². The summed E-state index contributed by atoms with van der Waals surface area (Å²) in [5, 5.41) is 9.12. The van der Waals surface area contributed by atoms with Crippen LogP contribution in [0.4, 0.5) is 0 Å². The molecule has 0 atom stereocenters. The Labute approximate surface area is 113 Å². The van der Waals surface area contributed by atoms with E-state index in [9.17, 15) is 4.79 Å². The third-order valence-electron chi connectivity index (χ3n) is 2.87. The second kappa shape index (κ2) is 4.51. The van der Waals surface area contributed by atoms with Crippen LogP contribution < -0.4 is 0 Å². The van der Waals surface area contributed by atoms with Crippen molar-refractivity contribution >= 4 is 28.4 Å². The number of fused-ring (bicyclic) bond motifs is 1. The molecule has 0 radical (unpaired) electrons. The Hall–Kier alpha value is -2.14. The van der Waals surface area contributed by atoms with Gasteiger partial charge in [-0.05, 0) is 30.7 Å². The van der Waals surface area contributed by atoms with Crippen LogP contribution in [-0.4, -0.2) is 16.1 Å². The Morgan fingerprint density at radius 3 is 2.89 bits per heavy atom. The Morgan fingerprint density at radius 1 is 1.37 bits per heavy atom. The number of hydrogen-bond donors (Lipinski definition) is 1. The number of nitrogens with zero attached hydrogens (tertiary/aromatic N) is 1. The van der Waals surface area contributed by atoms with E-state index in [0.717, 1.165) is 11.3 Å². The van der Waals surface area contributed by atoms with Gasteiger partial charge in [-0.25, -0.2) is 9.78 Å². The van der Waals surface area contributed by atoms with E-state index in [4.69, 9.17) is 9.52 Å². The fourth-order valence-corrected chi connectivity index (χ4v) is 2.78. The lowest BCUT2D eigenvalue weighted by Crippen LogP contribution is -1.95. The summed E-state index contributed by atoms with van der Waals surface area (Å²) >= 11 is 1.61. The summed E-state index contributed by atoms with van der Waals surface area (Å²) in [5.74, 6) is -0.526. The van der Waals surface area contributed by atoms with Crippen molar-refractivity contribution in [3.63, 3.8) is 0 Å². The van der Waals surface area contributed by atoms with Gasteiger partial charge in [0.25, 0.3) is 0 Å². The average Bonchev–Trinajstić information content (AvgIpc) is 3.03. The van der Waals surface area contributed by atoms with Gasteiger partial charge in [-0.1, -0.05) is 13.0 Å². The average molecular weight is 273 g/mol. The predicted molar refractivity (Wildman–Crippen MR) is 73.7 cm³/mol. The zero-order valence-electron chi connectivity index (χ0n) is 10.2. The number of rotatable bonds is 3. The van der Waals surface area contributed by atoms with Crippen LogP contribution in [0.2, 0.25) is 0 Å². The van der Waals surface area contributed by atoms with E-state index in [-0.39, 0.29) is 5.56 Å². The Balaban J connectivity index is 2.16. The third kappa shape index (κ3) is 2.02. The highest BCUT2D eigenvalue weighted by molar-refractivity contribution is 7.15. The molecule has 0 aliphatic rings. The van der Waals surface area contributed by atoms with Gasteiger partial charge in [0.05, 0.1) is 4.88 Å². The normalized spacial score (nSPS) is 11.0. The largest absolute Gasteiger partial charge is 0.478 e. The highest BCUT2D eigenvalue weighted by atomic mass is 32.1. The number of hydrogen-bond acceptors (Lipinski definition) is 4. The minimum Gasteiger partial charge on any atom is -0.478 e. The first kappa shape index (κ1) is 11.9. The fraction of sp³-hybridized carbons (Fsp3) is 0.143. The van der Waals surface area contributed by atoms with Crippen LogP contribution >= 0.6 is 11.3 Å². The van der Waals surface area contributed by atoms with Crippen molar-refractivity contribution in [3.05, 3.63) is 40.8 Å². The number of aromatic carboxylic acids is 1. The van der Waals surface area contributed by atoms with Gasteiger partial charge >= 0.3 is 5.97 Å². The molecule has 3 aromatic rings. The SMILES string of the molecule is CCc1ccc(-c2nc3cccc(C(=O)O)c3o2)s1. The van der Waals surface area contributed by atoms with Crippen LogP contribution in [0.25, 0.3) is 21.9 Å². The molecule has 0 bridgehead atoms. The molecular weight excluding hydrogens is 262 g/mol. The number of carbonyl (C=O) groups is 1. The number of thiophene rings is 1. The van der Waals surface area contributed by atoms with Crippen LogP contribution in [0.1, 0.15) is 22.2 Å². The van der Waals surface area contributed by atoms with Crippen molar-refractivity contribution in [1.29, 1.82) is 0 Å². The number of aromatic nitrogens is 1. The topological polar surface area (TPSA) is 63.3 Å². The lowest BCUT2D eigenvalue weighted by Gasteiger charge is -1.92. The quantitative estimate of drug-likeness (QED) is 0.788. The first-order chi connectivity index (χ1) is 9.19. The van der Waals surface area contributed by atoms with Crippen LogP contribution in [0.15, 0.2) is 34.7 Å². The molecule has 19 heavy (non-hydrogen) atoms. The molecule has 3 rings (SSSR count). The van der Waals surface area contributed by atoms with Crippen LogP contribution in [0.5, 0.6) is 0 Å². The summed E-state index contributed by atoms with van der Waals surface area (Å²) in [6.07, 6.45) is 0.964. The van der Waals surface area contributed by atoms with Gasteiger partial charge in [0.15, 0.2) is 5.58 Å². The molecule has 0 aliphatic heterocycles. The van der Waals surface area contributed by atoms with E-state index in [1.807, 2.05) is 12.1 Å². The maximum atomic E-state index is 11.1. The van der Waals surface area contributed by atoms with Gasteiger partial charge in [0.2, 0.25) is 5.89 Å². The standard InChI is InChI=1S/C14H11NO3S/c1-2-8-6-7-11(19-8)13-15-10-5-3-4-9(14(16)17)12(10)18-13/h3-7H,2H2,1H3,(H,16,17). The molecule has 0 unspecified atom stereocenters. The molecule has 0 amide bonds. The highest BCUT2D eigenvalue weighted by Crippen LogP contribution is 2.31. The molecule has 96 valence electrons. The molecule has 0 aliphatic carbocycles. The van der Waals surface area contributed by atoms with Crippen molar-refractivity contribution in [3.8, 4) is 10.8 Å². The number of aryl methyl sites for hydroxylation is 1. The maximum absolute atomic E-state index is 11.1. The molecular formula is C14H11NO3S. The van der Waals surface area contributed by atoms with Crippen LogP contribution in [0, 0.1) is 0 Å². The first-order valence-corrected chi connectivity index (χ1v) is 6.72. The molecule has 4 nitrogen and oxygen atoms in total. The highest BCUT2D eigenvalue weighted by Gasteiger charge is 2.16. The van der Waals surface area contributed by atoms with Gasteiger partial charge < -0.3 is 9.52 Å². The maximum Gasteiger partial charge on any atom is 0.339 e. The minimum atomic E-state index is -1.01. The minimum absolute atomic E-state index is 0.142. The zero-order valence-corrected chi connectivity index (χ0v) is 11.0. The van der Waals surface area contributed by atoms with E-state index in [1.54, 1.807) is 23.5 Å². The summed E-state index contributed by atoms with van der Waals surface area (Å²) in [6, 6.07) is 8.93. The number of carboxylic acid groups (broad SMARTS) is 1. The second-order valence-corrected chi connectivity index (χ2v) is 5.27. The molecule has 2 heterocycles. The summed E-state index contributed by atoms with van der Waals surface area (Å²) < 4.78 is 5.62. The molecule has 5 heteroatoms. The number of para-hydroxylation sites is 1. The molecule has 0 spiro atoms. The summed E-state index contributed by atoms with van der Waals surface area (Å²) in [6.45, 7) is 2.09.